The Morgan fingerprint density at radius 1 is 1.27 bits per heavy atom. The Morgan fingerprint density at radius 2 is 1.92 bits per heavy atom. The Morgan fingerprint density at radius 3 is 2.50 bits per heavy atom. The average molecular weight is 383 g/mol. The van der Waals surface area contributed by atoms with Crippen molar-refractivity contribution in [3.63, 3.8) is 0 Å². The lowest BCUT2D eigenvalue weighted by atomic mass is 9.95. The number of benzene rings is 1. The van der Waals surface area contributed by atoms with E-state index in [1.165, 1.54) is 0 Å². The van der Waals surface area contributed by atoms with Crippen LogP contribution in [-0.4, -0.2) is 43.0 Å². The molecule has 0 radical (unpaired) electrons. The van der Waals surface area contributed by atoms with Gasteiger partial charge in [-0.25, -0.2) is 4.79 Å². The van der Waals surface area contributed by atoms with Crippen LogP contribution in [0, 0.1) is 12.8 Å². The Labute approximate surface area is 162 Å². The Hall–Kier alpha value is -1.79. The van der Waals surface area contributed by atoms with Crippen molar-refractivity contribution in [1.82, 2.24) is 15.5 Å². The second-order valence-corrected chi connectivity index (χ2v) is 6.75. The Balaban J connectivity index is 0.00000338. The number of likely N-dealkylation sites (tertiary alicyclic amines) is 1. The lowest BCUT2D eigenvalue weighted by molar-refractivity contribution is -0.133. The van der Waals surface area contributed by atoms with E-state index in [0.29, 0.717) is 5.92 Å². The summed E-state index contributed by atoms with van der Waals surface area (Å²) in [6.45, 7) is 7.65. The van der Waals surface area contributed by atoms with Crippen LogP contribution in [0.4, 0.5) is 4.79 Å². The number of carbonyl (C=O) groups is 2. The van der Waals surface area contributed by atoms with E-state index < -0.39 is 6.03 Å². The largest absolute Gasteiger partial charge is 0.352 e. The molecule has 1 aromatic carbocycles. The average Bonchev–Trinajstić information content (AvgIpc) is 2.60. The fourth-order valence-electron chi connectivity index (χ4n) is 3.43. The van der Waals surface area contributed by atoms with Gasteiger partial charge in [-0.2, -0.15) is 0 Å². The van der Waals surface area contributed by atoms with E-state index in [1.54, 1.807) is 0 Å². The molecular formula is C19H31ClN4O2. The second-order valence-electron chi connectivity index (χ2n) is 6.75. The van der Waals surface area contributed by atoms with Gasteiger partial charge in [-0.3, -0.25) is 4.79 Å². The number of piperidine rings is 1. The summed E-state index contributed by atoms with van der Waals surface area (Å²) in [7, 11) is 0. The summed E-state index contributed by atoms with van der Waals surface area (Å²) in [5.41, 5.74) is 7.30. The molecule has 0 spiro atoms. The Kier molecular flexibility index (Phi) is 9.44. The zero-order valence-corrected chi connectivity index (χ0v) is 16.5. The van der Waals surface area contributed by atoms with Gasteiger partial charge in [0.15, 0.2) is 0 Å². The number of halogens is 1. The number of nitrogens with zero attached hydrogens (tertiary/aromatic N) is 1. The van der Waals surface area contributed by atoms with Crippen molar-refractivity contribution in [3.8, 4) is 0 Å². The maximum atomic E-state index is 12.7. The van der Waals surface area contributed by atoms with E-state index in [4.69, 9.17) is 5.73 Å². The lowest BCUT2D eigenvalue weighted by Gasteiger charge is -2.33. The number of carbonyl (C=O) groups excluding carboxylic acids is 2. The molecule has 4 N–H and O–H groups in total. The molecule has 3 amide bonds. The molecule has 0 saturated carbocycles. The predicted molar refractivity (Wildman–Crippen MR) is 106 cm³/mol. The summed E-state index contributed by atoms with van der Waals surface area (Å²) in [5.74, 6) is 0.712. The number of hydrogen-bond donors (Lipinski definition) is 3. The number of primary amides is 1. The van der Waals surface area contributed by atoms with Gasteiger partial charge in [0.2, 0.25) is 5.91 Å². The zero-order valence-electron chi connectivity index (χ0n) is 15.7. The van der Waals surface area contributed by atoms with Crippen molar-refractivity contribution in [1.29, 1.82) is 0 Å². The van der Waals surface area contributed by atoms with Crippen LogP contribution in [0.15, 0.2) is 24.3 Å². The van der Waals surface area contributed by atoms with E-state index in [2.05, 4.69) is 17.6 Å². The molecule has 2 rings (SSSR count). The molecular weight excluding hydrogens is 352 g/mol. The quantitative estimate of drug-likeness (QED) is 0.676. The smallest absolute Gasteiger partial charge is 0.312 e. The molecule has 146 valence electrons. The van der Waals surface area contributed by atoms with E-state index in [1.807, 2.05) is 36.1 Å². The normalized spacial score (nSPS) is 15.8. The number of hydrogen-bond acceptors (Lipinski definition) is 3. The lowest BCUT2D eigenvalue weighted by Crippen LogP contribution is -2.43. The summed E-state index contributed by atoms with van der Waals surface area (Å²) in [4.78, 5) is 26.0. The maximum Gasteiger partial charge on any atom is 0.312 e. The molecule has 0 aromatic heterocycles. The molecule has 7 heteroatoms. The van der Waals surface area contributed by atoms with Crippen LogP contribution in [0.1, 0.15) is 43.4 Å². The zero-order chi connectivity index (χ0) is 18.2. The van der Waals surface area contributed by atoms with Crippen LogP contribution in [0.25, 0.3) is 0 Å². The number of nitrogens with two attached hydrogens (primary N) is 1. The van der Waals surface area contributed by atoms with Gasteiger partial charge >= 0.3 is 6.03 Å². The van der Waals surface area contributed by atoms with Gasteiger partial charge in [0.05, 0.1) is 12.5 Å². The molecule has 0 bridgehead atoms. The van der Waals surface area contributed by atoms with Gasteiger partial charge in [-0.1, -0.05) is 31.2 Å². The van der Waals surface area contributed by atoms with Gasteiger partial charge in [0.1, 0.15) is 0 Å². The Bertz CT molecular complexity index is 589. The van der Waals surface area contributed by atoms with Crippen LogP contribution >= 0.6 is 12.4 Å². The molecule has 1 aromatic rings. The first-order valence-electron chi connectivity index (χ1n) is 9.11. The minimum absolute atomic E-state index is 0. The fourth-order valence-corrected chi connectivity index (χ4v) is 3.43. The third kappa shape index (κ3) is 6.50. The molecule has 1 aliphatic heterocycles. The van der Waals surface area contributed by atoms with E-state index in [-0.39, 0.29) is 30.8 Å². The van der Waals surface area contributed by atoms with Crippen LogP contribution in [0.5, 0.6) is 0 Å². The van der Waals surface area contributed by atoms with Crippen LogP contribution in [0.2, 0.25) is 0 Å². The van der Waals surface area contributed by atoms with Crippen LogP contribution < -0.4 is 16.4 Å². The summed E-state index contributed by atoms with van der Waals surface area (Å²) < 4.78 is 0. The monoisotopic (exact) mass is 382 g/mol. The second kappa shape index (κ2) is 11.0. The number of urea groups is 1. The third-order valence-electron chi connectivity index (χ3n) is 4.91. The van der Waals surface area contributed by atoms with Crippen LogP contribution in [-0.2, 0) is 4.79 Å². The minimum atomic E-state index is -0.606. The maximum absolute atomic E-state index is 12.7. The summed E-state index contributed by atoms with van der Waals surface area (Å²) >= 11 is 0. The van der Waals surface area contributed by atoms with Crippen molar-refractivity contribution >= 4 is 24.3 Å². The summed E-state index contributed by atoms with van der Waals surface area (Å²) in [6, 6.07) is 6.77. The minimum Gasteiger partial charge on any atom is -0.352 e. The van der Waals surface area contributed by atoms with Gasteiger partial charge in [0, 0.05) is 13.1 Å². The molecule has 1 unspecified atom stereocenters. The highest BCUT2D eigenvalue weighted by atomic mass is 35.5. The first kappa shape index (κ1) is 22.3. The molecule has 1 saturated heterocycles. The van der Waals surface area contributed by atoms with Gasteiger partial charge in [-0.15, -0.1) is 12.4 Å². The van der Waals surface area contributed by atoms with Crippen molar-refractivity contribution < 1.29 is 9.59 Å². The molecule has 6 nitrogen and oxygen atoms in total. The summed E-state index contributed by atoms with van der Waals surface area (Å²) in [6.07, 6.45) is 2.29. The number of aryl methyl sites for hydroxylation is 1. The molecule has 1 fully saturated rings. The topological polar surface area (TPSA) is 87.5 Å². The van der Waals surface area contributed by atoms with Gasteiger partial charge in [0.25, 0.3) is 0 Å². The van der Waals surface area contributed by atoms with Crippen molar-refractivity contribution in [2.75, 3.05) is 26.2 Å². The van der Waals surface area contributed by atoms with E-state index in [9.17, 15) is 9.59 Å². The van der Waals surface area contributed by atoms with Crippen molar-refractivity contribution in [3.05, 3.63) is 35.4 Å². The molecule has 1 atom stereocenters. The summed E-state index contributed by atoms with van der Waals surface area (Å²) in [5, 5.41) is 6.10. The molecule has 1 heterocycles. The first-order valence-corrected chi connectivity index (χ1v) is 9.11. The number of amides is 3. The third-order valence-corrected chi connectivity index (χ3v) is 4.91. The van der Waals surface area contributed by atoms with E-state index >= 15 is 0 Å². The first-order chi connectivity index (χ1) is 12.0. The highest BCUT2D eigenvalue weighted by Crippen LogP contribution is 2.23. The highest BCUT2D eigenvalue weighted by Gasteiger charge is 2.26. The number of nitrogens with one attached hydrogen (secondary N) is 2. The molecule has 0 aliphatic carbocycles. The SMILES string of the molecule is CCNCC1CCN(C(=O)CC(NC(N)=O)c2ccccc2C)CC1.Cl. The van der Waals surface area contributed by atoms with Gasteiger partial charge < -0.3 is 21.3 Å². The predicted octanol–water partition coefficient (Wildman–Crippen LogP) is 2.36. The standard InChI is InChI=1S/C19H30N4O2.ClH/c1-3-21-13-15-8-10-23(11-9-15)18(24)12-17(22-19(20)25)16-7-5-4-6-14(16)2;/h4-7,15,17,21H,3,8-13H2,1-2H3,(H3,20,22,25);1H. The van der Waals surface area contributed by atoms with Gasteiger partial charge in [-0.05, 0) is 49.9 Å². The number of rotatable bonds is 7. The van der Waals surface area contributed by atoms with Crippen LogP contribution in [0.3, 0.4) is 0 Å². The van der Waals surface area contributed by atoms with Crippen molar-refractivity contribution in [2.45, 2.75) is 39.2 Å². The highest BCUT2D eigenvalue weighted by molar-refractivity contribution is 5.85. The van der Waals surface area contributed by atoms with E-state index in [0.717, 1.165) is 50.1 Å². The molecule has 1 aliphatic rings. The van der Waals surface area contributed by atoms with Crippen molar-refractivity contribution in [2.24, 2.45) is 11.7 Å². The fraction of sp³-hybridized carbons (Fsp3) is 0.579. The molecule has 26 heavy (non-hydrogen) atoms.